The number of thiazole rings is 1. The molecule has 0 radical (unpaired) electrons. The minimum Gasteiger partial charge on any atom is -0.381 e. The van der Waals surface area contributed by atoms with Crippen molar-refractivity contribution in [3.63, 3.8) is 0 Å². The average molecular weight is 268 g/mol. The number of rotatable bonds is 3. The van der Waals surface area contributed by atoms with Gasteiger partial charge in [-0.2, -0.15) is 0 Å². The Morgan fingerprint density at radius 3 is 2.78 bits per heavy atom. The summed E-state index contributed by atoms with van der Waals surface area (Å²) >= 11 is 1.77. The summed E-state index contributed by atoms with van der Waals surface area (Å²) in [6.07, 6.45) is 2.40. The molecule has 1 aromatic rings. The molecule has 0 bridgehead atoms. The van der Waals surface area contributed by atoms with Crippen LogP contribution < -0.4 is 5.32 Å². The van der Waals surface area contributed by atoms with E-state index in [1.165, 1.54) is 23.5 Å². The summed E-state index contributed by atoms with van der Waals surface area (Å²) in [4.78, 5) is 4.83. The van der Waals surface area contributed by atoms with Gasteiger partial charge in [0.15, 0.2) is 0 Å². The van der Waals surface area contributed by atoms with E-state index in [4.69, 9.17) is 9.72 Å². The summed E-state index contributed by atoms with van der Waals surface area (Å²) in [5.74, 6) is 0.558. The highest BCUT2D eigenvalue weighted by Crippen LogP contribution is 2.33. The first kappa shape index (κ1) is 14.0. The third kappa shape index (κ3) is 3.11. The van der Waals surface area contributed by atoms with Crippen molar-refractivity contribution in [2.75, 3.05) is 20.3 Å². The molecule has 0 aliphatic carbocycles. The van der Waals surface area contributed by atoms with Gasteiger partial charge in [0.1, 0.15) is 5.01 Å². The van der Waals surface area contributed by atoms with Gasteiger partial charge < -0.3 is 10.1 Å². The van der Waals surface area contributed by atoms with Gasteiger partial charge in [-0.05, 0) is 19.9 Å². The van der Waals surface area contributed by atoms with Gasteiger partial charge in [0.25, 0.3) is 0 Å². The van der Waals surface area contributed by atoms with Gasteiger partial charge in [-0.25, -0.2) is 4.98 Å². The highest BCUT2D eigenvalue weighted by molar-refractivity contribution is 7.09. The molecule has 1 fully saturated rings. The molecule has 1 aliphatic rings. The van der Waals surface area contributed by atoms with Crippen molar-refractivity contribution in [3.8, 4) is 0 Å². The van der Waals surface area contributed by atoms with Crippen LogP contribution in [0.2, 0.25) is 0 Å². The molecule has 2 atom stereocenters. The molecule has 0 aromatic carbocycles. The summed E-state index contributed by atoms with van der Waals surface area (Å²) in [5.41, 5.74) is 1.33. The van der Waals surface area contributed by atoms with Crippen LogP contribution in [0.4, 0.5) is 0 Å². The van der Waals surface area contributed by atoms with Crippen molar-refractivity contribution >= 4 is 11.3 Å². The monoisotopic (exact) mass is 268 g/mol. The third-order valence-corrected chi connectivity index (χ3v) is 4.46. The van der Waals surface area contributed by atoms with Crippen LogP contribution in [-0.4, -0.2) is 25.2 Å². The second kappa shape index (κ2) is 5.68. The zero-order valence-corrected chi connectivity index (χ0v) is 12.6. The molecule has 2 heterocycles. The Morgan fingerprint density at radius 2 is 2.28 bits per heavy atom. The quantitative estimate of drug-likeness (QED) is 0.914. The van der Waals surface area contributed by atoms with E-state index < -0.39 is 0 Å². The van der Waals surface area contributed by atoms with Crippen molar-refractivity contribution in [2.24, 2.45) is 5.92 Å². The molecular formula is C14H24N2OS. The van der Waals surface area contributed by atoms with E-state index in [1.54, 1.807) is 11.3 Å². The number of nitrogens with one attached hydrogen (secondary N) is 1. The van der Waals surface area contributed by atoms with E-state index in [0.29, 0.717) is 12.0 Å². The highest BCUT2D eigenvalue weighted by atomic mass is 32.1. The fraction of sp³-hybridized carbons (Fsp3) is 0.786. The summed E-state index contributed by atoms with van der Waals surface area (Å²) in [5, 5.41) is 6.82. The van der Waals surface area contributed by atoms with Gasteiger partial charge in [-0.1, -0.05) is 20.8 Å². The predicted molar refractivity (Wildman–Crippen MR) is 76.2 cm³/mol. The largest absolute Gasteiger partial charge is 0.381 e. The van der Waals surface area contributed by atoms with Gasteiger partial charge in [0.05, 0.1) is 18.3 Å². The Balaban J connectivity index is 2.14. The van der Waals surface area contributed by atoms with E-state index in [9.17, 15) is 0 Å². The molecule has 1 aromatic heterocycles. The standard InChI is InChI=1S/C14H24N2OS/c1-14(2,3)11-9-18-13(16-11)12(15-4)10-6-5-7-17-8-10/h9-10,12,15H,5-8H2,1-4H3. The van der Waals surface area contributed by atoms with E-state index >= 15 is 0 Å². The van der Waals surface area contributed by atoms with E-state index in [0.717, 1.165) is 13.2 Å². The van der Waals surface area contributed by atoms with Gasteiger partial charge in [-0.15, -0.1) is 11.3 Å². The van der Waals surface area contributed by atoms with Crippen molar-refractivity contribution in [1.29, 1.82) is 0 Å². The number of aromatic nitrogens is 1. The number of hydrogen-bond donors (Lipinski definition) is 1. The van der Waals surface area contributed by atoms with E-state index in [1.807, 2.05) is 7.05 Å². The van der Waals surface area contributed by atoms with Crippen LogP contribution in [0.15, 0.2) is 5.38 Å². The second-order valence-corrected chi connectivity index (χ2v) is 6.95. The van der Waals surface area contributed by atoms with Crippen LogP contribution in [-0.2, 0) is 10.2 Å². The molecule has 4 heteroatoms. The molecule has 1 N–H and O–H groups in total. The Morgan fingerprint density at radius 1 is 1.50 bits per heavy atom. The minimum absolute atomic E-state index is 0.135. The summed E-state index contributed by atoms with van der Waals surface area (Å²) in [6, 6.07) is 0.339. The van der Waals surface area contributed by atoms with Crippen LogP contribution in [0.3, 0.4) is 0 Å². The summed E-state index contributed by atoms with van der Waals surface area (Å²) in [6.45, 7) is 8.41. The molecule has 0 saturated carbocycles. The van der Waals surface area contributed by atoms with Crippen molar-refractivity contribution < 1.29 is 4.74 Å². The highest BCUT2D eigenvalue weighted by Gasteiger charge is 2.28. The fourth-order valence-corrected chi connectivity index (χ4v) is 3.61. The molecule has 0 spiro atoms. The molecule has 0 amide bonds. The lowest BCUT2D eigenvalue weighted by molar-refractivity contribution is 0.0401. The van der Waals surface area contributed by atoms with E-state index in [-0.39, 0.29) is 5.41 Å². The first-order chi connectivity index (χ1) is 8.52. The maximum atomic E-state index is 5.60. The molecule has 2 rings (SSSR count). The van der Waals surface area contributed by atoms with Crippen LogP contribution >= 0.6 is 11.3 Å². The third-order valence-electron chi connectivity index (χ3n) is 3.53. The first-order valence-corrected chi connectivity index (χ1v) is 7.61. The molecule has 2 unspecified atom stereocenters. The average Bonchev–Trinajstić information content (AvgIpc) is 2.81. The minimum atomic E-state index is 0.135. The van der Waals surface area contributed by atoms with Crippen molar-refractivity contribution in [2.45, 2.75) is 45.1 Å². The zero-order valence-electron chi connectivity index (χ0n) is 11.8. The van der Waals surface area contributed by atoms with Crippen LogP contribution in [0, 0.1) is 5.92 Å². The zero-order chi connectivity index (χ0) is 13.2. The molecule has 102 valence electrons. The fourth-order valence-electron chi connectivity index (χ4n) is 2.36. The lowest BCUT2D eigenvalue weighted by Gasteiger charge is -2.28. The first-order valence-electron chi connectivity index (χ1n) is 6.73. The topological polar surface area (TPSA) is 34.2 Å². The van der Waals surface area contributed by atoms with Crippen molar-refractivity contribution in [3.05, 3.63) is 16.1 Å². The van der Waals surface area contributed by atoms with Crippen LogP contribution in [0.25, 0.3) is 0 Å². The Hall–Kier alpha value is -0.450. The second-order valence-electron chi connectivity index (χ2n) is 6.06. The molecule has 18 heavy (non-hydrogen) atoms. The normalized spacial score (nSPS) is 23.0. The smallest absolute Gasteiger partial charge is 0.110 e. The molecule has 1 saturated heterocycles. The maximum absolute atomic E-state index is 5.60. The SMILES string of the molecule is CNC(c1nc(C(C)(C)C)cs1)C1CCCOC1. The Kier molecular flexibility index (Phi) is 4.41. The maximum Gasteiger partial charge on any atom is 0.110 e. The molecule has 1 aliphatic heterocycles. The lowest BCUT2D eigenvalue weighted by atomic mass is 9.92. The molecule has 3 nitrogen and oxygen atoms in total. The number of hydrogen-bond acceptors (Lipinski definition) is 4. The molecular weight excluding hydrogens is 244 g/mol. The Labute approximate surface area is 114 Å². The predicted octanol–water partition coefficient (Wildman–Crippen LogP) is 3.13. The van der Waals surface area contributed by atoms with Gasteiger partial charge >= 0.3 is 0 Å². The number of ether oxygens (including phenoxy) is 1. The van der Waals surface area contributed by atoms with Crippen LogP contribution in [0.1, 0.15) is 50.4 Å². The number of nitrogens with zero attached hydrogens (tertiary/aromatic N) is 1. The van der Waals surface area contributed by atoms with Gasteiger partial charge in [0, 0.05) is 23.3 Å². The van der Waals surface area contributed by atoms with E-state index in [2.05, 4.69) is 31.5 Å². The Bertz CT molecular complexity index is 377. The summed E-state index contributed by atoms with van der Waals surface area (Å²) < 4.78 is 5.60. The van der Waals surface area contributed by atoms with Gasteiger partial charge in [-0.3, -0.25) is 0 Å². The van der Waals surface area contributed by atoms with Gasteiger partial charge in [0.2, 0.25) is 0 Å². The lowest BCUT2D eigenvalue weighted by Crippen LogP contribution is -2.31. The van der Waals surface area contributed by atoms with Crippen molar-refractivity contribution in [1.82, 2.24) is 10.3 Å². The van der Waals surface area contributed by atoms with Crippen LogP contribution in [0.5, 0.6) is 0 Å². The summed E-state index contributed by atoms with van der Waals surface area (Å²) in [7, 11) is 2.03.